The standard InChI is InChI=1S/C16H33NO3/c1-13(19)17-12-16(4,5)8-7-15(2,3)9-14(10-18)11-20-6/h14,18H,7-12H2,1-6H3,(H,17,19). The summed E-state index contributed by atoms with van der Waals surface area (Å²) in [6, 6.07) is 0. The Balaban J connectivity index is 4.27. The van der Waals surface area contributed by atoms with Crippen molar-refractivity contribution in [2.45, 2.75) is 53.9 Å². The van der Waals surface area contributed by atoms with Gasteiger partial charge in [0, 0.05) is 33.1 Å². The molecule has 0 aliphatic rings. The Morgan fingerprint density at radius 2 is 1.75 bits per heavy atom. The van der Waals surface area contributed by atoms with Crippen LogP contribution in [0.15, 0.2) is 0 Å². The molecule has 0 aromatic carbocycles. The lowest BCUT2D eigenvalue weighted by molar-refractivity contribution is -0.119. The molecule has 0 aromatic heterocycles. The zero-order chi connectivity index (χ0) is 15.8. The molecule has 1 atom stereocenters. The number of carbonyl (C=O) groups excluding carboxylic acids is 1. The van der Waals surface area contributed by atoms with Gasteiger partial charge >= 0.3 is 0 Å². The quantitative estimate of drug-likeness (QED) is 0.649. The Hall–Kier alpha value is -0.610. The maximum absolute atomic E-state index is 11.0. The number of methoxy groups -OCH3 is 1. The number of nitrogens with one attached hydrogen (secondary N) is 1. The molecular weight excluding hydrogens is 254 g/mol. The molecule has 1 amide bonds. The summed E-state index contributed by atoms with van der Waals surface area (Å²) >= 11 is 0. The van der Waals surface area contributed by atoms with Crippen LogP contribution in [0, 0.1) is 16.7 Å². The monoisotopic (exact) mass is 287 g/mol. The minimum atomic E-state index is 0.0257. The van der Waals surface area contributed by atoms with Crippen LogP contribution < -0.4 is 5.32 Å². The van der Waals surface area contributed by atoms with Crippen LogP contribution in [0.1, 0.15) is 53.9 Å². The van der Waals surface area contributed by atoms with Crippen molar-refractivity contribution in [3.05, 3.63) is 0 Å². The first-order valence-corrected chi connectivity index (χ1v) is 7.46. The van der Waals surface area contributed by atoms with Gasteiger partial charge < -0.3 is 15.2 Å². The third kappa shape index (κ3) is 9.32. The van der Waals surface area contributed by atoms with E-state index in [2.05, 4.69) is 33.0 Å². The predicted molar refractivity (Wildman–Crippen MR) is 82.5 cm³/mol. The summed E-state index contributed by atoms with van der Waals surface area (Å²) in [5.41, 5.74) is 0.262. The van der Waals surface area contributed by atoms with Crippen molar-refractivity contribution in [1.82, 2.24) is 5.32 Å². The first-order chi connectivity index (χ1) is 9.12. The van der Waals surface area contributed by atoms with Crippen LogP contribution in [0.4, 0.5) is 0 Å². The van der Waals surface area contributed by atoms with Crippen molar-refractivity contribution >= 4 is 5.91 Å². The first-order valence-electron chi connectivity index (χ1n) is 7.46. The van der Waals surface area contributed by atoms with Crippen molar-refractivity contribution in [3.63, 3.8) is 0 Å². The number of amides is 1. The number of ether oxygens (including phenoxy) is 1. The molecule has 1 unspecified atom stereocenters. The van der Waals surface area contributed by atoms with E-state index < -0.39 is 0 Å². The van der Waals surface area contributed by atoms with Gasteiger partial charge in [-0.25, -0.2) is 0 Å². The Morgan fingerprint density at radius 3 is 2.20 bits per heavy atom. The second-order valence-corrected chi connectivity index (χ2v) is 7.45. The molecular formula is C16H33NO3. The molecule has 0 saturated carbocycles. The van der Waals surface area contributed by atoms with E-state index in [0.29, 0.717) is 13.2 Å². The Morgan fingerprint density at radius 1 is 1.20 bits per heavy atom. The summed E-state index contributed by atoms with van der Waals surface area (Å²) in [6.45, 7) is 11.9. The molecule has 0 aliphatic heterocycles. The Labute approximate surface area is 124 Å². The average molecular weight is 287 g/mol. The SMILES string of the molecule is COCC(CO)CC(C)(C)CCC(C)(C)CNC(C)=O. The van der Waals surface area contributed by atoms with Gasteiger partial charge in [0.25, 0.3) is 0 Å². The van der Waals surface area contributed by atoms with Gasteiger partial charge in [-0.15, -0.1) is 0 Å². The van der Waals surface area contributed by atoms with Gasteiger partial charge in [-0.2, -0.15) is 0 Å². The zero-order valence-electron chi connectivity index (χ0n) is 14.1. The van der Waals surface area contributed by atoms with E-state index in [9.17, 15) is 9.90 Å². The van der Waals surface area contributed by atoms with E-state index in [-0.39, 0.29) is 29.3 Å². The number of aliphatic hydroxyl groups is 1. The molecule has 2 N–H and O–H groups in total. The lowest BCUT2D eigenvalue weighted by Crippen LogP contribution is -2.33. The smallest absolute Gasteiger partial charge is 0.216 e. The molecule has 4 heteroatoms. The van der Waals surface area contributed by atoms with Crippen LogP contribution in [0.25, 0.3) is 0 Å². The number of hydrogen-bond acceptors (Lipinski definition) is 3. The van der Waals surface area contributed by atoms with E-state index in [4.69, 9.17) is 4.74 Å². The molecule has 20 heavy (non-hydrogen) atoms. The second-order valence-electron chi connectivity index (χ2n) is 7.45. The number of hydrogen-bond donors (Lipinski definition) is 2. The maximum atomic E-state index is 11.0. The van der Waals surface area contributed by atoms with Crippen molar-refractivity contribution in [3.8, 4) is 0 Å². The van der Waals surface area contributed by atoms with E-state index in [0.717, 1.165) is 19.3 Å². The molecule has 0 aromatic rings. The largest absolute Gasteiger partial charge is 0.396 e. The highest BCUT2D eigenvalue weighted by molar-refractivity contribution is 5.72. The van der Waals surface area contributed by atoms with Crippen molar-refractivity contribution in [2.24, 2.45) is 16.7 Å². The first kappa shape index (κ1) is 19.4. The fourth-order valence-electron chi connectivity index (χ4n) is 2.42. The lowest BCUT2D eigenvalue weighted by Gasteiger charge is -2.33. The molecule has 0 saturated heterocycles. The second kappa shape index (κ2) is 8.63. The van der Waals surface area contributed by atoms with Crippen LogP contribution in [0.2, 0.25) is 0 Å². The van der Waals surface area contributed by atoms with Gasteiger partial charge in [-0.1, -0.05) is 27.7 Å². The summed E-state index contributed by atoms with van der Waals surface area (Å²) < 4.78 is 5.14. The molecule has 0 spiro atoms. The van der Waals surface area contributed by atoms with E-state index in [1.807, 2.05) is 0 Å². The molecule has 0 aliphatic carbocycles. The summed E-state index contributed by atoms with van der Waals surface area (Å²) in [4.78, 5) is 11.0. The number of carbonyl (C=O) groups is 1. The third-order valence-corrected chi connectivity index (χ3v) is 3.80. The van der Waals surface area contributed by atoms with Crippen LogP contribution in [0.5, 0.6) is 0 Å². The minimum Gasteiger partial charge on any atom is -0.396 e. The summed E-state index contributed by atoms with van der Waals surface area (Å²) in [5.74, 6) is 0.228. The van der Waals surface area contributed by atoms with Gasteiger partial charge in [-0.3, -0.25) is 4.79 Å². The van der Waals surface area contributed by atoms with Crippen LogP contribution in [0.3, 0.4) is 0 Å². The van der Waals surface area contributed by atoms with Gasteiger partial charge in [-0.05, 0) is 30.1 Å². The fraction of sp³-hybridized carbons (Fsp3) is 0.938. The molecule has 0 fully saturated rings. The Kier molecular flexibility index (Phi) is 8.36. The van der Waals surface area contributed by atoms with Crippen LogP contribution in [-0.2, 0) is 9.53 Å². The summed E-state index contributed by atoms with van der Waals surface area (Å²) in [5, 5.41) is 12.3. The topological polar surface area (TPSA) is 58.6 Å². The molecule has 0 bridgehead atoms. The lowest BCUT2D eigenvalue weighted by atomic mass is 9.75. The van der Waals surface area contributed by atoms with Crippen molar-refractivity contribution < 1.29 is 14.6 Å². The van der Waals surface area contributed by atoms with Crippen molar-refractivity contribution in [2.75, 3.05) is 26.9 Å². The molecule has 120 valence electrons. The van der Waals surface area contributed by atoms with Crippen LogP contribution >= 0.6 is 0 Å². The zero-order valence-corrected chi connectivity index (χ0v) is 14.1. The van der Waals surface area contributed by atoms with Crippen molar-refractivity contribution in [1.29, 1.82) is 0 Å². The normalized spacial score (nSPS) is 14.2. The minimum absolute atomic E-state index is 0.0257. The van der Waals surface area contributed by atoms with E-state index in [1.165, 1.54) is 0 Å². The van der Waals surface area contributed by atoms with Gasteiger partial charge in [0.15, 0.2) is 0 Å². The molecule has 0 rings (SSSR count). The highest BCUT2D eigenvalue weighted by Crippen LogP contribution is 2.35. The van der Waals surface area contributed by atoms with Crippen LogP contribution in [-0.4, -0.2) is 37.9 Å². The van der Waals surface area contributed by atoms with Gasteiger partial charge in [0.2, 0.25) is 5.91 Å². The van der Waals surface area contributed by atoms with E-state index in [1.54, 1.807) is 14.0 Å². The number of aliphatic hydroxyl groups excluding tert-OH is 1. The summed E-state index contributed by atoms with van der Waals surface area (Å²) in [7, 11) is 1.67. The fourth-order valence-corrected chi connectivity index (χ4v) is 2.42. The summed E-state index contributed by atoms with van der Waals surface area (Å²) in [6.07, 6.45) is 3.07. The highest BCUT2D eigenvalue weighted by Gasteiger charge is 2.27. The maximum Gasteiger partial charge on any atom is 0.216 e. The highest BCUT2D eigenvalue weighted by atomic mass is 16.5. The Bertz CT molecular complexity index is 287. The average Bonchev–Trinajstić information content (AvgIpc) is 2.34. The third-order valence-electron chi connectivity index (χ3n) is 3.80. The molecule has 4 nitrogen and oxygen atoms in total. The number of rotatable bonds is 10. The van der Waals surface area contributed by atoms with E-state index >= 15 is 0 Å². The molecule has 0 heterocycles. The van der Waals surface area contributed by atoms with Gasteiger partial charge in [0.1, 0.15) is 0 Å². The van der Waals surface area contributed by atoms with Gasteiger partial charge in [0.05, 0.1) is 6.61 Å². The predicted octanol–water partition coefficient (Wildman–Crippen LogP) is 2.60. The molecule has 0 radical (unpaired) electrons.